The second kappa shape index (κ2) is 6.55. The summed E-state index contributed by atoms with van der Waals surface area (Å²) in [5.41, 5.74) is -0.577. The van der Waals surface area contributed by atoms with Crippen molar-refractivity contribution in [1.82, 2.24) is 0 Å². The standard InChI is InChI=1S/C15H25NO4/c1-11-6-15(9-16,7-12(11)2)8-13(17)20-10-14(3,18-4)19-5/h11-12H,6-8,10H2,1-5H3. The minimum absolute atomic E-state index is 0.0193. The minimum Gasteiger partial charge on any atom is -0.460 e. The summed E-state index contributed by atoms with van der Waals surface area (Å²) in [6.45, 7) is 5.97. The highest BCUT2D eigenvalue weighted by Gasteiger charge is 2.44. The molecule has 0 aromatic carbocycles. The van der Waals surface area contributed by atoms with Crippen LogP contribution in [-0.2, 0) is 19.0 Å². The second-order valence-electron chi connectivity index (χ2n) is 6.13. The van der Waals surface area contributed by atoms with Crippen LogP contribution in [0.15, 0.2) is 0 Å². The van der Waals surface area contributed by atoms with Crippen molar-refractivity contribution in [2.75, 3.05) is 20.8 Å². The van der Waals surface area contributed by atoms with Gasteiger partial charge in [0.1, 0.15) is 6.61 Å². The van der Waals surface area contributed by atoms with Gasteiger partial charge in [0.25, 0.3) is 0 Å². The van der Waals surface area contributed by atoms with Gasteiger partial charge in [0.15, 0.2) is 5.79 Å². The smallest absolute Gasteiger partial charge is 0.307 e. The SMILES string of the molecule is COC(C)(COC(=O)CC1(C#N)CC(C)C(C)C1)OC. The van der Waals surface area contributed by atoms with E-state index in [-0.39, 0.29) is 19.0 Å². The summed E-state index contributed by atoms with van der Waals surface area (Å²) in [5, 5.41) is 9.41. The van der Waals surface area contributed by atoms with Gasteiger partial charge in [-0.3, -0.25) is 4.79 Å². The van der Waals surface area contributed by atoms with E-state index in [1.165, 1.54) is 14.2 Å². The zero-order chi connectivity index (χ0) is 15.4. The van der Waals surface area contributed by atoms with Gasteiger partial charge < -0.3 is 14.2 Å². The zero-order valence-electron chi connectivity index (χ0n) is 13.1. The van der Waals surface area contributed by atoms with Gasteiger partial charge >= 0.3 is 5.97 Å². The number of methoxy groups -OCH3 is 2. The van der Waals surface area contributed by atoms with E-state index in [0.717, 1.165) is 12.8 Å². The minimum atomic E-state index is -0.939. The van der Waals surface area contributed by atoms with Crippen LogP contribution in [0.1, 0.15) is 40.0 Å². The first-order valence-corrected chi connectivity index (χ1v) is 6.97. The lowest BCUT2D eigenvalue weighted by Gasteiger charge is -2.26. The van der Waals surface area contributed by atoms with Crippen LogP contribution in [0.25, 0.3) is 0 Å². The first kappa shape index (κ1) is 16.9. The number of hydrogen-bond acceptors (Lipinski definition) is 5. The summed E-state index contributed by atoms with van der Waals surface area (Å²) in [6.07, 6.45) is 1.65. The van der Waals surface area contributed by atoms with Crippen molar-refractivity contribution in [2.45, 2.75) is 45.8 Å². The molecule has 1 fully saturated rings. The molecule has 1 rings (SSSR count). The van der Waals surface area contributed by atoms with E-state index >= 15 is 0 Å². The Morgan fingerprint density at radius 1 is 1.30 bits per heavy atom. The zero-order valence-corrected chi connectivity index (χ0v) is 13.1. The number of carbonyl (C=O) groups is 1. The molecule has 1 saturated carbocycles. The molecule has 0 aromatic heterocycles. The molecule has 0 spiro atoms. The van der Waals surface area contributed by atoms with E-state index in [2.05, 4.69) is 19.9 Å². The van der Waals surface area contributed by atoms with Crippen molar-refractivity contribution in [3.63, 3.8) is 0 Å². The fourth-order valence-electron chi connectivity index (χ4n) is 2.73. The molecule has 0 aromatic rings. The Morgan fingerprint density at radius 2 is 1.80 bits per heavy atom. The largest absolute Gasteiger partial charge is 0.460 e. The Morgan fingerprint density at radius 3 is 2.20 bits per heavy atom. The Hall–Kier alpha value is -1.12. The summed E-state index contributed by atoms with van der Waals surface area (Å²) >= 11 is 0. The highest BCUT2D eigenvalue weighted by molar-refractivity contribution is 5.71. The monoisotopic (exact) mass is 283 g/mol. The first-order chi connectivity index (χ1) is 9.29. The highest BCUT2D eigenvalue weighted by atomic mass is 16.7. The van der Waals surface area contributed by atoms with Crippen LogP contribution >= 0.6 is 0 Å². The van der Waals surface area contributed by atoms with Gasteiger partial charge in [-0.25, -0.2) is 0 Å². The van der Waals surface area contributed by atoms with Crippen LogP contribution in [-0.4, -0.2) is 32.6 Å². The van der Waals surface area contributed by atoms with Crippen molar-refractivity contribution in [2.24, 2.45) is 17.3 Å². The summed E-state index contributed by atoms with van der Waals surface area (Å²) in [7, 11) is 2.99. The predicted octanol–water partition coefficient (Wildman–Crippen LogP) is 2.50. The third kappa shape index (κ3) is 3.94. The van der Waals surface area contributed by atoms with Crippen LogP contribution in [0.2, 0.25) is 0 Å². The summed E-state index contributed by atoms with van der Waals surface area (Å²) in [5.74, 6) is -0.379. The Bertz CT molecular complexity index is 374. The number of ether oxygens (including phenoxy) is 3. The molecule has 5 heteroatoms. The van der Waals surface area contributed by atoms with Gasteiger partial charge in [0, 0.05) is 14.2 Å². The number of nitrogens with zero attached hydrogens (tertiary/aromatic N) is 1. The Labute approximate surface area is 121 Å². The van der Waals surface area contributed by atoms with Gasteiger partial charge in [-0.1, -0.05) is 13.8 Å². The molecule has 5 nitrogen and oxygen atoms in total. The van der Waals surface area contributed by atoms with E-state index in [1.54, 1.807) is 6.92 Å². The van der Waals surface area contributed by atoms with Crippen molar-refractivity contribution in [3.8, 4) is 6.07 Å². The summed E-state index contributed by atoms with van der Waals surface area (Å²) < 4.78 is 15.5. The number of nitriles is 1. The Balaban J connectivity index is 2.56. The molecule has 114 valence electrons. The van der Waals surface area contributed by atoms with Gasteiger partial charge in [-0.05, 0) is 31.6 Å². The molecule has 2 unspecified atom stereocenters. The normalized spacial score (nSPS) is 30.0. The van der Waals surface area contributed by atoms with Crippen molar-refractivity contribution in [1.29, 1.82) is 5.26 Å². The maximum absolute atomic E-state index is 12.0. The van der Waals surface area contributed by atoms with Gasteiger partial charge in [-0.2, -0.15) is 5.26 Å². The van der Waals surface area contributed by atoms with E-state index in [4.69, 9.17) is 14.2 Å². The Kier molecular flexibility index (Phi) is 5.55. The topological polar surface area (TPSA) is 68.5 Å². The average Bonchev–Trinajstić information content (AvgIpc) is 2.71. The fraction of sp³-hybridized carbons (Fsp3) is 0.867. The van der Waals surface area contributed by atoms with Gasteiger partial charge in [-0.15, -0.1) is 0 Å². The molecule has 0 bridgehead atoms. The third-order valence-electron chi connectivity index (χ3n) is 4.48. The number of carbonyl (C=O) groups excluding carboxylic acids is 1. The molecule has 0 N–H and O–H groups in total. The van der Waals surface area contributed by atoms with Crippen LogP contribution < -0.4 is 0 Å². The first-order valence-electron chi connectivity index (χ1n) is 6.97. The van der Waals surface area contributed by atoms with E-state index < -0.39 is 11.2 Å². The van der Waals surface area contributed by atoms with Gasteiger partial charge in [0.2, 0.25) is 0 Å². The second-order valence-corrected chi connectivity index (χ2v) is 6.13. The van der Waals surface area contributed by atoms with E-state index in [1.807, 2.05) is 0 Å². The lowest BCUT2D eigenvalue weighted by molar-refractivity contribution is -0.223. The lowest BCUT2D eigenvalue weighted by Crippen LogP contribution is -2.37. The van der Waals surface area contributed by atoms with Crippen molar-refractivity contribution < 1.29 is 19.0 Å². The molecule has 1 aliphatic carbocycles. The van der Waals surface area contributed by atoms with Gasteiger partial charge in [0.05, 0.1) is 17.9 Å². The maximum Gasteiger partial charge on any atom is 0.307 e. The molecule has 0 saturated heterocycles. The summed E-state index contributed by atoms with van der Waals surface area (Å²) in [6, 6.07) is 2.33. The highest BCUT2D eigenvalue weighted by Crippen LogP contribution is 2.47. The van der Waals surface area contributed by atoms with E-state index in [9.17, 15) is 10.1 Å². The summed E-state index contributed by atoms with van der Waals surface area (Å²) in [4.78, 5) is 12.0. The van der Waals surface area contributed by atoms with Crippen LogP contribution in [0.4, 0.5) is 0 Å². The molecule has 0 radical (unpaired) electrons. The van der Waals surface area contributed by atoms with Crippen molar-refractivity contribution in [3.05, 3.63) is 0 Å². The predicted molar refractivity (Wildman–Crippen MR) is 73.6 cm³/mol. The third-order valence-corrected chi connectivity index (χ3v) is 4.48. The van der Waals surface area contributed by atoms with Crippen LogP contribution in [0.5, 0.6) is 0 Å². The van der Waals surface area contributed by atoms with Crippen LogP contribution in [0, 0.1) is 28.6 Å². The number of hydrogen-bond donors (Lipinski definition) is 0. The molecule has 0 heterocycles. The molecular formula is C15H25NO4. The lowest BCUT2D eigenvalue weighted by atomic mass is 9.83. The fourth-order valence-corrected chi connectivity index (χ4v) is 2.73. The quantitative estimate of drug-likeness (QED) is 0.553. The molecule has 2 atom stereocenters. The maximum atomic E-state index is 12.0. The molecule has 20 heavy (non-hydrogen) atoms. The molecule has 0 aliphatic heterocycles. The van der Waals surface area contributed by atoms with E-state index in [0.29, 0.717) is 11.8 Å². The molecule has 1 aliphatic rings. The average molecular weight is 283 g/mol. The van der Waals surface area contributed by atoms with Crippen molar-refractivity contribution >= 4 is 5.97 Å². The molecular weight excluding hydrogens is 258 g/mol. The number of esters is 1. The molecule has 0 amide bonds. The van der Waals surface area contributed by atoms with Crippen LogP contribution in [0.3, 0.4) is 0 Å². The number of rotatable bonds is 6.